The van der Waals surface area contributed by atoms with Gasteiger partial charge < -0.3 is 10.6 Å². The van der Waals surface area contributed by atoms with Gasteiger partial charge in [0, 0.05) is 23.1 Å². The van der Waals surface area contributed by atoms with Crippen LogP contribution >= 0.6 is 0 Å². The van der Waals surface area contributed by atoms with Gasteiger partial charge in [0.2, 0.25) is 11.9 Å². The van der Waals surface area contributed by atoms with Crippen LogP contribution in [0.15, 0.2) is 79.5 Å². The Bertz CT molecular complexity index is 845. The van der Waals surface area contributed by atoms with E-state index in [9.17, 15) is 4.79 Å². The Morgan fingerprint density at radius 2 is 1.71 bits per heavy atom. The van der Waals surface area contributed by atoms with Gasteiger partial charge in [-0.1, -0.05) is 36.9 Å². The number of carbonyl (C=O) groups is 1. The van der Waals surface area contributed by atoms with E-state index in [2.05, 4.69) is 27.2 Å². The smallest absolute Gasteiger partial charge is 0.247 e. The van der Waals surface area contributed by atoms with E-state index in [-0.39, 0.29) is 5.91 Å². The molecule has 24 heavy (non-hydrogen) atoms. The Hall–Kier alpha value is -3.47. The number of benzene rings is 2. The van der Waals surface area contributed by atoms with Gasteiger partial charge in [-0.05, 0) is 36.4 Å². The van der Waals surface area contributed by atoms with Gasteiger partial charge in [0.25, 0.3) is 0 Å². The molecule has 0 unspecified atom stereocenters. The van der Waals surface area contributed by atoms with Crippen molar-refractivity contribution in [2.24, 2.45) is 0 Å². The highest BCUT2D eigenvalue weighted by atomic mass is 16.1. The maximum absolute atomic E-state index is 11.3. The molecule has 5 nitrogen and oxygen atoms in total. The third kappa shape index (κ3) is 3.84. The lowest BCUT2D eigenvalue weighted by Gasteiger charge is -2.07. The molecule has 0 saturated carbocycles. The SMILES string of the molecule is C=CC(=O)Nc1ccc(-c2ccnc(Nc3ccccc3)n2)cc1. The van der Waals surface area contributed by atoms with E-state index < -0.39 is 0 Å². The summed E-state index contributed by atoms with van der Waals surface area (Å²) in [5.74, 6) is 0.293. The third-order valence-electron chi connectivity index (χ3n) is 3.32. The predicted molar refractivity (Wildman–Crippen MR) is 96.0 cm³/mol. The molecule has 2 N–H and O–H groups in total. The van der Waals surface area contributed by atoms with E-state index in [1.54, 1.807) is 6.20 Å². The molecular formula is C19H16N4O. The number of anilines is 3. The zero-order chi connectivity index (χ0) is 16.8. The molecule has 3 aromatic rings. The van der Waals surface area contributed by atoms with Crippen LogP contribution in [0.1, 0.15) is 0 Å². The number of carbonyl (C=O) groups excluding carboxylic acids is 1. The second-order valence-electron chi connectivity index (χ2n) is 5.03. The molecule has 1 heterocycles. The summed E-state index contributed by atoms with van der Waals surface area (Å²) in [4.78, 5) is 20.1. The van der Waals surface area contributed by atoms with Gasteiger partial charge in [-0.15, -0.1) is 0 Å². The van der Waals surface area contributed by atoms with Gasteiger partial charge in [-0.2, -0.15) is 0 Å². The van der Waals surface area contributed by atoms with Crippen LogP contribution in [0, 0.1) is 0 Å². The lowest BCUT2D eigenvalue weighted by Crippen LogP contribution is -2.06. The first-order chi connectivity index (χ1) is 11.7. The van der Waals surface area contributed by atoms with Gasteiger partial charge in [0.05, 0.1) is 5.69 Å². The summed E-state index contributed by atoms with van der Waals surface area (Å²) in [6.45, 7) is 3.43. The molecule has 3 rings (SSSR count). The number of nitrogens with one attached hydrogen (secondary N) is 2. The lowest BCUT2D eigenvalue weighted by atomic mass is 10.1. The van der Waals surface area contributed by atoms with Crippen molar-refractivity contribution in [1.82, 2.24) is 9.97 Å². The van der Waals surface area contributed by atoms with Gasteiger partial charge in [0.15, 0.2) is 0 Å². The molecular weight excluding hydrogens is 300 g/mol. The first-order valence-corrected chi connectivity index (χ1v) is 7.43. The molecule has 1 amide bonds. The Labute approximate surface area is 140 Å². The van der Waals surface area contributed by atoms with Crippen LogP contribution < -0.4 is 10.6 Å². The average molecular weight is 316 g/mol. The molecule has 0 fully saturated rings. The van der Waals surface area contributed by atoms with Crippen molar-refractivity contribution in [2.45, 2.75) is 0 Å². The summed E-state index contributed by atoms with van der Waals surface area (Å²) >= 11 is 0. The van der Waals surface area contributed by atoms with Crippen molar-refractivity contribution in [2.75, 3.05) is 10.6 Å². The molecule has 5 heteroatoms. The highest BCUT2D eigenvalue weighted by Crippen LogP contribution is 2.21. The first kappa shape index (κ1) is 15.4. The zero-order valence-corrected chi connectivity index (χ0v) is 12.9. The predicted octanol–water partition coefficient (Wildman–Crippen LogP) is 4.01. The Balaban J connectivity index is 1.78. The molecule has 118 valence electrons. The molecule has 0 bridgehead atoms. The second-order valence-corrected chi connectivity index (χ2v) is 5.03. The minimum Gasteiger partial charge on any atom is -0.324 e. The molecule has 0 spiro atoms. The number of hydrogen-bond donors (Lipinski definition) is 2. The standard InChI is InChI=1S/C19H16N4O/c1-2-18(24)21-16-10-8-14(9-11-16)17-12-13-20-19(23-17)22-15-6-4-3-5-7-15/h2-13H,1H2,(H,21,24)(H,20,22,23). The quantitative estimate of drug-likeness (QED) is 0.698. The summed E-state index contributed by atoms with van der Waals surface area (Å²) < 4.78 is 0. The molecule has 0 radical (unpaired) electrons. The fourth-order valence-corrected chi connectivity index (χ4v) is 2.15. The maximum Gasteiger partial charge on any atom is 0.247 e. The number of nitrogens with zero attached hydrogens (tertiary/aromatic N) is 2. The first-order valence-electron chi connectivity index (χ1n) is 7.43. The molecule has 0 atom stereocenters. The molecule has 0 aliphatic rings. The monoisotopic (exact) mass is 316 g/mol. The van der Waals surface area contributed by atoms with Crippen molar-refractivity contribution in [3.63, 3.8) is 0 Å². The van der Waals surface area contributed by atoms with E-state index in [1.807, 2.05) is 60.7 Å². The minimum atomic E-state index is -0.237. The zero-order valence-electron chi connectivity index (χ0n) is 12.9. The normalized spacial score (nSPS) is 10.0. The largest absolute Gasteiger partial charge is 0.324 e. The number of amides is 1. The van der Waals surface area contributed by atoms with E-state index in [0.29, 0.717) is 11.6 Å². The number of para-hydroxylation sites is 1. The lowest BCUT2D eigenvalue weighted by molar-refractivity contribution is -0.111. The highest BCUT2D eigenvalue weighted by molar-refractivity contribution is 5.98. The Morgan fingerprint density at radius 3 is 2.42 bits per heavy atom. The fraction of sp³-hybridized carbons (Fsp3) is 0. The maximum atomic E-state index is 11.3. The van der Waals surface area contributed by atoms with E-state index in [4.69, 9.17) is 0 Å². The molecule has 0 aliphatic carbocycles. The Kier molecular flexibility index (Phi) is 4.62. The van der Waals surface area contributed by atoms with Crippen LogP contribution in [0.5, 0.6) is 0 Å². The molecule has 0 aliphatic heterocycles. The second kappa shape index (κ2) is 7.19. The molecule has 2 aromatic carbocycles. The number of aromatic nitrogens is 2. The van der Waals surface area contributed by atoms with Crippen LogP contribution in [0.4, 0.5) is 17.3 Å². The van der Waals surface area contributed by atoms with Crippen molar-refractivity contribution in [1.29, 1.82) is 0 Å². The number of rotatable bonds is 5. The van der Waals surface area contributed by atoms with Crippen LogP contribution in [0.25, 0.3) is 11.3 Å². The topological polar surface area (TPSA) is 66.9 Å². The van der Waals surface area contributed by atoms with Crippen molar-refractivity contribution >= 4 is 23.2 Å². The summed E-state index contributed by atoms with van der Waals surface area (Å²) in [5, 5.41) is 5.88. The van der Waals surface area contributed by atoms with Crippen molar-refractivity contribution in [3.8, 4) is 11.3 Å². The van der Waals surface area contributed by atoms with Gasteiger partial charge >= 0.3 is 0 Å². The number of hydrogen-bond acceptors (Lipinski definition) is 4. The van der Waals surface area contributed by atoms with Crippen LogP contribution in [0.2, 0.25) is 0 Å². The molecule has 0 saturated heterocycles. The van der Waals surface area contributed by atoms with E-state index >= 15 is 0 Å². The molecule has 1 aromatic heterocycles. The van der Waals surface area contributed by atoms with Gasteiger partial charge in [0.1, 0.15) is 0 Å². The summed E-state index contributed by atoms with van der Waals surface area (Å²) in [7, 11) is 0. The van der Waals surface area contributed by atoms with Crippen LogP contribution in [0.3, 0.4) is 0 Å². The Morgan fingerprint density at radius 1 is 0.958 bits per heavy atom. The van der Waals surface area contributed by atoms with Gasteiger partial charge in [-0.3, -0.25) is 4.79 Å². The van der Waals surface area contributed by atoms with Crippen LogP contribution in [-0.4, -0.2) is 15.9 Å². The van der Waals surface area contributed by atoms with Crippen molar-refractivity contribution < 1.29 is 4.79 Å². The van der Waals surface area contributed by atoms with E-state index in [0.717, 1.165) is 16.9 Å². The van der Waals surface area contributed by atoms with Crippen LogP contribution in [-0.2, 0) is 4.79 Å². The van der Waals surface area contributed by atoms with E-state index in [1.165, 1.54) is 6.08 Å². The van der Waals surface area contributed by atoms with Crippen molar-refractivity contribution in [3.05, 3.63) is 79.5 Å². The fourth-order valence-electron chi connectivity index (χ4n) is 2.15. The highest BCUT2D eigenvalue weighted by Gasteiger charge is 2.04. The van der Waals surface area contributed by atoms with Gasteiger partial charge in [-0.25, -0.2) is 9.97 Å². The summed E-state index contributed by atoms with van der Waals surface area (Å²) in [5.41, 5.74) is 3.37. The average Bonchev–Trinajstić information content (AvgIpc) is 2.63. The summed E-state index contributed by atoms with van der Waals surface area (Å²) in [6.07, 6.45) is 2.95. The minimum absolute atomic E-state index is 0.237. The third-order valence-corrected chi connectivity index (χ3v) is 3.32. The summed E-state index contributed by atoms with van der Waals surface area (Å²) in [6, 6.07) is 19.0.